The summed E-state index contributed by atoms with van der Waals surface area (Å²) in [5.41, 5.74) is 1.54. The van der Waals surface area contributed by atoms with Crippen LogP contribution in [-0.4, -0.2) is 38.4 Å². The summed E-state index contributed by atoms with van der Waals surface area (Å²) in [5.74, 6) is -0.0697. The Morgan fingerprint density at radius 2 is 2.29 bits per heavy atom. The molecule has 2 N–H and O–H groups in total. The zero-order valence-corrected chi connectivity index (χ0v) is 14.2. The maximum atomic E-state index is 12.1. The SMILES string of the molecule is CC(=O)Nc1cccc(-n2cnnc2S[C@@H]2CCCCNC2=O)c1. The molecule has 1 aliphatic rings. The largest absolute Gasteiger partial charge is 0.355 e. The quantitative estimate of drug-likeness (QED) is 0.884. The lowest BCUT2D eigenvalue weighted by Crippen LogP contribution is -2.30. The van der Waals surface area contributed by atoms with Gasteiger partial charge in [0.25, 0.3) is 0 Å². The molecule has 1 fully saturated rings. The van der Waals surface area contributed by atoms with Crippen molar-refractivity contribution in [3.63, 3.8) is 0 Å². The molecular formula is C16H19N5O2S. The maximum Gasteiger partial charge on any atom is 0.233 e. The smallest absolute Gasteiger partial charge is 0.233 e. The Bertz CT molecular complexity index is 746. The van der Waals surface area contributed by atoms with E-state index in [-0.39, 0.29) is 17.1 Å². The highest BCUT2D eigenvalue weighted by atomic mass is 32.2. The number of amides is 2. The molecule has 2 aromatic rings. The van der Waals surface area contributed by atoms with Gasteiger partial charge in [-0.15, -0.1) is 10.2 Å². The lowest BCUT2D eigenvalue weighted by Gasteiger charge is -2.13. The minimum atomic E-state index is -0.158. The average molecular weight is 345 g/mol. The van der Waals surface area contributed by atoms with Crippen LogP contribution in [0.15, 0.2) is 35.7 Å². The van der Waals surface area contributed by atoms with Crippen LogP contribution in [0.2, 0.25) is 0 Å². The minimum absolute atomic E-state index is 0.0547. The van der Waals surface area contributed by atoms with E-state index in [9.17, 15) is 9.59 Å². The molecule has 24 heavy (non-hydrogen) atoms. The standard InChI is InChI=1S/C16H19N5O2S/c1-11(22)19-12-5-4-6-13(9-12)21-10-18-20-16(21)24-14-7-2-3-8-17-15(14)23/h4-6,9-10,14H,2-3,7-8H2,1H3,(H,17,23)(H,19,22)/t14-/m1/s1. The number of carbonyl (C=O) groups excluding carboxylic acids is 2. The molecule has 0 spiro atoms. The van der Waals surface area contributed by atoms with Crippen molar-refractivity contribution in [1.82, 2.24) is 20.1 Å². The molecule has 7 nitrogen and oxygen atoms in total. The van der Waals surface area contributed by atoms with E-state index in [4.69, 9.17) is 0 Å². The number of aromatic nitrogens is 3. The molecule has 126 valence electrons. The van der Waals surface area contributed by atoms with Gasteiger partial charge in [0.05, 0.1) is 10.9 Å². The fraction of sp³-hybridized carbons (Fsp3) is 0.375. The van der Waals surface area contributed by atoms with Crippen LogP contribution in [0.4, 0.5) is 5.69 Å². The zero-order chi connectivity index (χ0) is 16.9. The molecule has 1 aromatic heterocycles. The van der Waals surface area contributed by atoms with Crippen molar-refractivity contribution in [3.8, 4) is 5.69 Å². The number of carbonyl (C=O) groups is 2. The first-order valence-electron chi connectivity index (χ1n) is 7.86. The molecule has 1 aliphatic heterocycles. The normalized spacial score (nSPS) is 17.9. The Morgan fingerprint density at radius 1 is 1.42 bits per heavy atom. The summed E-state index contributed by atoms with van der Waals surface area (Å²) in [7, 11) is 0. The Kier molecular flexibility index (Phi) is 5.14. The monoisotopic (exact) mass is 345 g/mol. The molecule has 0 bridgehead atoms. The highest BCUT2D eigenvalue weighted by Gasteiger charge is 2.24. The van der Waals surface area contributed by atoms with E-state index >= 15 is 0 Å². The van der Waals surface area contributed by atoms with Gasteiger partial charge in [-0.25, -0.2) is 0 Å². The fourth-order valence-electron chi connectivity index (χ4n) is 2.57. The first kappa shape index (κ1) is 16.5. The average Bonchev–Trinajstić information content (AvgIpc) is 2.91. The molecule has 0 radical (unpaired) electrons. The van der Waals surface area contributed by atoms with Gasteiger partial charge in [0.15, 0.2) is 5.16 Å². The van der Waals surface area contributed by atoms with Crippen molar-refractivity contribution in [2.24, 2.45) is 0 Å². The van der Waals surface area contributed by atoms with Gasteiger partial charge < -0.3 is 10.6 Å². The van der Waals surface area contributed by atoms with E-state index in [2.05, 4.69) is 20.8 Å². The Balaban J connectivity index is 1.82. The number of hydrogen-bond donors (Lipinski definition) is 2. The lowest BCUT2D eigenvalue weighted by atomic mass is 10.2. The van der Waals surface area contributed by atoms with Crippen molar-refractivity contribution >= 4 is 29.3 Å². The van der Waals surface area contributed by atoms with Crippen LogP contribution in [0.25, 0.3) is 5.69 Å². The first-order valence-corrected chi connectivity index (χ1v) is 8.74. The van der Waals surface area contributed by atoms with Crippen molar-refractivity contribution in [2.45, 2.75) is 36.6 Å². The van der Waals surface area contributed by atoms with E-state index in [0.29, 0.717) is 10.8 Å². The second-order valence-electron chi connectivity index (χ2n) is 5.61. The van der Waals surface area contributed by atoms with E-state index in [1.165, 1.54) is 18.7 Å². The summed E-state index contributed by atoms with van der Waals surface area (Å²) < 4.78 is 1.83. The minimum Gasteiger partial charge on any atom is -0.355 e. The zero-order valence-electron chi connectivity index (χ0n) is 13.4. The Morgan fingerprint density at radius 3 is 3.12 bits per heavy atom. The van der Waals surface area contributed by atoms with E-state index in [0.717, 1.165) is 31.5 Å². The third-order valence-electron chi connectivity index (χ3n) is 3.69. The van der Waals surface area contributed by atoms with Gasteiger partial charge in [0.2, 0.25) is 11.8 Å². The van der Waals surface area contributed by atoms with Gasteiger partial charge >= 0.3 is 0 Å². The number of nitrogens with one attached hydrogen (secondary N) is 2. The molecule has 3 rings (SSSR count). The van der Waals surface area contributed by atoms with E-state index in [1.54, 1.807) is 6.33 Å². The van der Waals surface area contributed by atoms with E-state index in [1.807, 2.05) is 28.8 Å². The Labute approximate surface area is 144 Å². The molecule has 2 amide bonds. The number of rotatable bonds is 4. The van der Waals surface area contributed by atoms with E-state index < -0.39 is 0 Å². The van der Waals surface area contributed by atoms with Gasteiger partial charge in [0, 0.05) is 19.2 Å². The molecular weight excluding hydrogens is 326 g/mol. The molecule has 1 aromatic carbocycles. The predicted octanol–water partition coefficient (Wildman–Crippen LogP) is 1.99. The van der Waals surface area contributed by atoms with Gasteiger partial charge in [-0.05, 0) is 31.0 Å². The number of nitrogens with zero attached hydrogens (tertiary/aromatic N) is 3. The van der Waals surface area contributed by atoms with Gasteiger partial charge in [0.1, 0.15) is 6.33 Å². The van der Waals surface area contributed by atoms with Crippen LogP contribution < -0.4 is 10.6 Å². The maximum absolute atomic E-state index is 12.1. The van der Waals surface area contributed by atoms with Gasteiger partial charge in [-0.3, -0.25) is 14.2 Å². The van der Waals surface area contributed by atoms with Crippen LogP contribution in [0.5, 0.6) is 0 Å². The molecule has 2 heterocycles. The third-order valence-corrected chi connectivity index (χ3v) is 4.92. The number of hydrogen-bond acceptors (Lipinski definition) is 5. The molecule has 1 atom stereocenters. The molecule has 8 heteroatoms. The van der Waals surface area contributed by atoms with Crippen molar-refractivity contribution in [2.75, 3.05) is 11.9 Å². The predicted molar refractivity (Wildman–Crippen MR) is 92.2 cm³/mol. The fourth-order valence-corrected chi connectivity index (χ4v) is 3.66. The number of anilines is 1. The highest BCUT2D eigenvalue weighted by Crippen LogP contribution is 2.28. The van der Waals surface area contributed by atoms with Crippen molar-refractivity contribution in [3.05, 3.63) is 30.6 Å². The Hall–Kier alpha value is -2.35. The second-order valence-corrected chi connectivity index (χ2v) is 6.78. The lowest BCUT2D eigenvalue weighted by molar-refractivity contribution is -0.120. The van der Waals surface area contributed by atoms with Crippen molar-refractivity contribution < 1.29 is 9.59 Å². The van der Waals surface area contributed by atoms with Gasteiger partial charge in [-0.1, -0.05) is 24.2 Å². The summed E-state index contributed by atoms with van der Waals surface area (Å²) in [6.45, 7) is 2.21. The summed E-state index contributed by atoms with van der Waals surface area (Å²) in [6, 6.07) is 7.43. The van der Waals surface area contributed by atoms with Crippen molar-refractivity contribution in [1.29, 1.82) is 0 Å². The number of benzene rings is 1. The number of thioether (sulfide) groups is 1. The van der Waals surface area contributed by atoms with Crippen LogP contribution in [-0.2, 0) is 9.59 Å². The van der Waals surface area contributed by atoms with Crippen LogP contribution in [0.1, 0.15) is 26.2 Å². The molecule has 0 aliphatic carbocycles. The summed E-state index contributed by atoms with van der Waals surface area (Å²) in [5, 5.41) is 14.3. The topological polar surface area (TPSA) is 88.9 Å². The van der Waals surface area contributed by atoms with Crippen LogP contribution >= 0.6 is 11.8 Å². The third kappa shape index (κ3) is 3.94. The summed E-state index contributed by atoms with van der Waals surface area (Å²) in [4.78, 5) is 23.3. The molecule has 0 saturated carbocycles. The van der Waals surface area contributed by atoms with Crippen LogP contribution in [0.3, 0.4) is 0 Å². The summed E-state index contributed by atoms with van der Waals surface area (Å²) >= 11 is 1.42. The second kappa shape index (κ2) is 7.48. The highest BCUT2D eigenvalue weighted by molar-refractivity contribution is 8.00. The van der Waals surface area contributed by atoms with Crippen LogP contribution in [0, 0.1) is 0 Å². The molecule has 0 unspecified atom stereocenters. The summed E-state index contributed by atoms with van der Waals surface area (Å²) in [6.07, 6.45) is 4.47. The van der Waals surface area contributed by atoms with Gasteiger partial charge in [-0.2, -0.15) is 0 Å². The first-order chi connectivity index (χ1) is 11.6. The molecule has 1 saturated heterocycles.